The van der Waals surface area contributed by atoms with Gasteiger partial charge in [-0.2, -0.15) is 0 Å². The molecular formula is C13H27N3. The van der Waals surface area contributed by atoms with Gasteiger partial charge in [-0.15, -0.1) is 0 Å². The first-order valence-corrected chi connectivity index (χ1v) is 6.95. The van der Waals surface area contributed by atoms with E-state index in [9.17, 15) is 0 Å². The Bertz CT molecular complexity index is 205. The van der Waals surface area contributed by atoms with E-state index in [0.717, 1.165) is 12.6 Å². The maximum atomic E-state index is 3.51. The fourth-order valence-electron chi connectivity index (χ4n) is 2.93. The summed E-state index contributed by atoms with van der Waals surface area (Å²) in [6.45, 7) is 12.0. The van der Waals surface area contributed by atoms with Crippen LogP contribution in [0.15, 0.2) is 0 Å². The van der Waals surface area contributed by atoms with Crippen molar-refractivity contribution in [3.63, 3.8) is 0 Å². The fourth-order valence-corrected chi connectivity index (χ4v) is 2.93. The SMILES string of the molecule is CC(C)NCCN1CCN2CCCCC2C1. The van der Waals surface area contributed by atoms with Crippen molar-refractivity contribution < 1.29 is 0 Å². The fraction of sp³-hybridized carbons (Fsp3) is 1.00. The highest BCUT2D eigenvalue weighted by Gasteiger charge is 2.28. The van der Waals surface area contributed by atoms with Gasteiger partial charge in [0.25, 0.3) is 0 Å². The summed E-state index contributed by atoms with van der Waals surface area (Å²) in [6.07, 6.45) is 4.29. The van der Waals surface area contributed by atoms with Gasteiger partial charge in [0.2, 0.25) is 0 Å². The average molecular weight is 225 g/mol. The van der Waals surface area contributed by atoms with Gasteiger partial charge in [0, 0.05) is 44.8 Å². The number of nitrogens with one attached hydrogen (secondary N) is 1. The number of piperazine rings is 1. The Kier molecular flexibility index (Phi) is 4.62. The quantitative estimate of drug-likeness (QED) is 0.774. The van der Waals surface area contributed by atoms with Gasteiger partial charge < -0.3 is 5.32 Å². The predicted molar refractivity (Wildman–Crippen MR) is 68.8 cm³/mol. The molecule has 2 aliphatic heterocycles. The predicted octanol–water partition coefficient (Wildman–Crippen LogP) is 1.15. The second-order valence-corrected chi connectivity index (χ2v) is 5.60. The van der Waals surface area contributed by atoms with Crippen molar-refractivity contribution in [2.45, 2.75) is 45.2 Å². The molecule has 0 amide bonds. The van der Waals surface area contributed by atoms with Gasteiger partial charge in [0.1, 0.15) is 0 Å². The number of nitrogens with zero attached hydrogens (tertiary/aromatic N) is 2. The molecule has 0 radical (unpaired) electrons. The zero-order chi connectivity index (χ0) is 11.4. The molecule has 0 aromatic rings. The Morgan fingerprint density at radius 1 is 1.19 bits per heavy atom. The summed E-state index contributed by atoms with van der Waals surface area (Å²) in [5.74, 6) is 0. The van der Waals surface area contributed by atoms with Crippen LogP contribution in [-0.4, -0.2) is 61.2 Å². The molecule has 3 heteroatoms. The van der Waals surface area contributed by atoms with Crippen molar-refractivity contribution in [3.8, 4) is 0 Å². The third-order valence-electron chi connectivity index (χ3n) is 3.90. The molecule has 16 heavy (non-hydrogen) atoms. The van der Waals surface area contributed by atoms with Crippen LogP contribution in [0.3, 0.4) is 0 Å². The summed E-state index contributed by atoms with van der Waals surface area (Å²) in [5.41, 5.74) is 0. The minimum absolute atomic E-state index is 0.621. The molecule has 1 atom stereocenters. The lowest BCUT2D eigenvalue weighted by Gasteiger charge is -2.44. The van der Waals surface area contributed by atoms with Crippen molar-refractivity contribution in [2.75, 3.05) is 39.3 Å². The van der Waals surface area contributed by atoms with Crippen molar-refractivity contribution in [1.29, 1.82) is 0 Å². The molecule has 2 fully saturated rings. The zero-order valence-corrected chi connectivity index (χ0v) is 10.9. The smallest absolute Gasteiger partial charge is 0.0223 e. The van der Waals surface area contributed by atoms with Gasteiger partial charge in [-0.1, -0.05) is 20.3 Å². The van der Waals surface area contributed by atoms with E-state index in [1.165, 1.54) is 52.0 Å². The molecule has 94 valence electrons. The van der Waals surface area contributed by atoms with Gasteiger partial charge in [-0.05, 0) is 19.4 Å². The molecule has 0 aliphatic carbocycles. The molecule has 2 rings (SSSR count). The highest BCUT2D eigenvalue weighted by atomic mass is 15.3. The third kappa shape index (κ3) is 3.44. The van der Waals surface area contributed by atoms with Crippen LogP contribution in [0.2, 0.25) is 0 Å². The minimum atomic E-state index is 0.621. The van der Waals surface area contributed by atoms with E-state index in [4.69, 9.17) is 0 Å². The highest BCUT2D eigenvalue weighted by Crippen LogP contribution is 2.20. The van der Waals surface area contributed by atoms with E-state index in [0.29, 0.717) is 6.04 Å². The summed E-state index contributed by atoms with van der Waals surface area (Å²) in [4.78, 5) is 5.34. The van der Waals surface area contributed by atoms with Crippen LogP contribution < -0.4 is 5.32 Å². The summed E-state index contributed by atoms with van der Waals surface area (Å²) in [6, 6.07) is 1.48. The minimum Gasteiger partial charge on any atom is -0.313 e. The monoisotopic (exact) mass is 225 g/mol. The van der Waals surface area contributed by atoms with Crippen LogP contribution in [-0.2, 0) is 0 Å². The standard InChI is InChI=1S/C13H27N3/c1-12(2)14-6-8-15-9-10-16-7-4-3-5-13(16)11-15/h12-14H,3-11H2,1-2H3. The first-order chi connectivity index (χ1) is 7.75. The molecule has 0 aromatic carbocycles. The van der Waals surface area contributed by atoms with Crippen LogP contribution in [0.1, 0.15) is 33.1 Å². The van der Waals surface area contributed by atoms with Gasteiger partial charge >= 0.3 is 0 Å². The molecule has 1 N–H and O–H groups in total. The lowest BCUT2D eigenvalue weighted by atomic mass is 9.99. The Hall–Kier alpha value is -0.120. The van der Waals surface area contributed by atoms with E-state index in [1.54, 1.807) is 0 Å². The summed E-state index contributed by atoms with van der Waals surface area (Å²) in [7, 11) is 0. The van der Waals surface area contributed by atoms with E-state index in [2.05, 4.69) is 29.0 Å². The summed E-state index contributed by atoms with van der Waals surface area (Å²) >= 11 is 0. The maximum Gasteiger partial charge on any atom is 0.0223 e. The largest absolute Gasteiger partial charge is 0.313 e. The first-order valence-electron chi connectivity index (χ1n) is 6.95. The normalized spacial score (nSPS) is 28.3. The second kappa shape index (κ2) is 5.99. The molecule has 2 aliphatic rings. The molecule has 0 saturated carbocycles. The van der Waals surface area contributed by atoms with Crippen molar-refractivity contribution in [1.82, 2.24) is 15.1 Å². The van der Waals surface area contributed by atoms with Crippen molar-refractivity contribution in [3.05, 3.63) is 0 Å². The summed E-state index contributed by atoms with van der Waals surface area (Å²) < 4.78 is 0. The van der Waals surface area contributed by atoms with Gasteiger partial charge in [-0.25, -0.2) is 0 Å². The van der Waals surface area contributed by atoms with Gasteiger partial charge in [0.15, 0.2) is 0 Å². The Morgan fingerprint density at radius 3 is 2.88 bits per heavy atom. The molecule has 2 heterocycles. The highest BCUT2D eigenvalue weighted by molar-refractivity contribution is 4.85. The number of fused-ring (bicyclic) bond motifs is 1. The zero-order valence-electron chi connectivity index (χ0n) is 10.9. The van der Waals surface area contributed by atoms with Crippen LogP contribution in [0.4, 0.5) is 0 Å². The molecule has 0 spiro atoms. The molecule has 0 aromatic heterocycles. The lowest BCUT2D eigenvalue weighted by molar-refractivity contribution is 0.0498. The Morgan fingerprint density at radius 2 is 2.06 bits per heavy atom. The molecule has 1 unspecified atom stereocenters. The van der Waals surface area contributed by atoms with Crippen LogP contribution in [0, 0.1) is 0 Å². The number of hydrogen-bond acceptors (Lipinski definition) is 3. The van der Waals surface area contributed by atoms with Crippen LogP contribution in [0.25, 0.3) is 0 Å². The number of hydrogen-bond donors (Lipinski definition) is 1. The van der Waals surface area contributed by atoms with Crippen LogP contribution >= 0.6 is 0 Å². The van der Waals surface area contributed by atoms with Crippen molar-refractivity contribution >= 4 is 0 Å². The van der Waals surface area contributed by atoms with Gasteiger partial charge in [-0.3, -0.25) is 9.80 Å². The van der Waals surface area contributed by atoms with E-state index in [-0.39, 0.29) is 0 Å². The van der Waals surface area contributed by atoms with Gasteiger partial charge in [0.05, 0.1) is 0 Å². The molecule has 3 nitrogen and oxygen atoms in total. The number of piperidine rings is 1. The molecule has 0 bridgehead atoms. The first kappa shape index (κ1) is 12.3. The third-order valence-corrected chi connectivity index (χ3v) is 3.90. The molecular weight excluding hydrogens is 198 g/mol. The Labute approximate surface area is 100 Å². The maximum absolute atomic E-state index is 3.51. The average Bonchev–Trinajstić information content (AvgIpc) is 2.28. The second-order valence-electron chi connectivity index (χ2n) is 5.60. The van der Waals surface area contributed by atoms with Crippen LogP contribution in [0.5, 0.6) is 0 Å². The van der Waals surface area contributed by atoms with E-state index in [1.807, 2.05) is 0 Å². The topological polar surface area (TPSA) is 18.5 Å². The lowest BCUT2D eigenvalue weighted by Crippen LogP contribution is -2.55. The summed E-state index contributed by atoms with van der Waals surface area (Å²) in [5, 5.41) is 3.51. The number of rotatable bonds is 4. The Balaban J connectivity index is 1.68. The van der Waals surface area contributed by atoms with Crippen molar-refractivity contribution in [2.24, 2.45) is 0 Å². The van der Waals surface area contributed by atoms with E-state index < -0.39 is 0 Å². The van der Waals surface area contributed by atoms with E-state index >= 15 is 0 Å². The molecule has 2 saturated heterocycles.